The smallest absolute Gasteiger partial charge is 0.207 e. The summed E-state index contributed by atoms with van der Waals surface area (Å²) in [4.78, 5) is 0.473. The zero-order valence-corrected chi connectivity index (χ0v) is 18.1. The molecular formula is C20H35NO2S. The molecule has 0 N–H and O–H groups in total. The van der Waals surface area contributed by atoms with Crippen molar-refractivity contribution in [3.8, 4) is 0 Å². The van der Waals surface area contributed by atoms with Crippen LogP contribution in [0.15, 0.2) is 17.0 Å². The molecule has 0 aliphatic heterocycles. The summed E-state index contributed by atoms with van der Waals surface area (Å²) in [5, 5.41) is 0. The van der Waals surface area contributed by atoms with Crippen LogP contribution in [0, 0.1) is 0 Å². The van der Waals surface area contributed by atoms with Gasteiger partial charge >= 0.3 is 0 Å². The summed E-state index contributed by atoms with van der Waals surface area (Å²) < 4.78 is 27.6. The van der Waals surface area contributed by atoms with Crippen LogP contribution in [0.4, 0.5) is 0 Å². The zero-order chi connectivity index (χ0) is 19.3. The quantitative estimate of drug-likeness (QED) is 0.763. The van der Waals surface area contributed by atoms with E-state index in [1.807, 2.05) is 0 Å². The molecule has 0 saturated carbocycles. The molecule has 0 fully saturated rings. The van der Waals surface area contributed by atoms with Crippen molar-refractivity contribution in [3.63, 3.8) is 0 Å². The van der Waals surface area contributed by atoms with Crippen molar-refractivity contribution >= 4 is 10.0 Å². The van der Waals surface area contributed by atoms with Gasteiger partial charge in [-0.3, -0.25) is 0 Å². The number of hydrogen-bond acceptors (Lipinski definition) is 2. The Morgan fingerprint density at radius 3 is 1.25 bits per heavy atom. The Morgan fingerprint density at radius 1 is 0.708 bits per heavy atom. The molecule has 0 radical (unpaired) electrons. The Bertz CT molecular complexity index is 674. The first-order valence-corrected chi connectivity index (χ1v) is 9.96. The molecule has 138 valence electrons. The van der Waals surface area contributed by atoms with E-state index < -0.39 is 10.0 Å². The van der Waals surface area contributed by atoms with Crippen molar-refractivity contribution in [2.75, 3.05) is 14.1 Å². The summed E-state index contributed by atoms with van der Waals surface area (Å²) in [6.07, 6.45) is 0. The average molecular weight is 354 g/mol. The van der Waals surface area contributed by atoms with E-state index in [2.05, 4.69) is 74.4 Å². The fraction of sp³-hybridized carbons (Fsp3) is 0.700. The van der Waals surface area contributed by atoms with Crippen LogP contribution < -0.4 is 0 Å². The van der Waals surface area contributed by atoms with Gasteiger partial charge in [0.2, 0.25) is 10.0 Å². The van der Waals surface area contributed by atoms with E-state index in [1.165, 1.54) is 9.87 Å². The first-order chi connectivity index (χ1) is 10.4. The molecule has 0 spiro atoms. The van der Waals surface area contributed by atoms with Gasteiger partial charge in [-0.15, -0.1) is 0 Å². The van der Waals surface area contributed by atoms with Gasteiger partial charge in [0.05, 0.1) is 4.90 Å². The molecule has 0 aliphatic carbocycles. The van der Waals surface area contributed by atoms with E-state index in [1.54, 1.807) is 14.1 Å². The lowest BCUT2D eigenvalue weighted by molar-refractivity contribution is 0.492. The molecule has 0 bridgehead atoms. The lowest BCUT2D eigenvalue weighted by Crippen LogP contribution is -2.31. The lowest BCUT2D eigenvalue weighted by atomic mass is 9.75. The van der Waals surface area contributed by atoms with Gasteiger partial charge in [-0.1, -0.05) is 74.4 Å². The summed E-state index contributed by atoms with van der Waals surface area (Å²) in [5.74, 6) is 0. The molecule has 0 unspecified atom stereocenters. The third-order valence-corrected chi connectivity index (χ3v) is 6.23. The number of sulfonamides is 1. The van der Waals surface area contributed by atoms with Gasteiger partial charge in [0.1, 0.15) is 0 Å². The van der Waals surface area contributed by atoms with Crippen LogP contribution in [0.5, 0.6) is 0 Å². The fourth-order valence-corrected chi connectivity index (χ4v) is 4.29. The van der Waals surface area contributed by atoms with Crippen LogP contribution in [-0.4, -0.2) is 26.8 Å². The monoisotopic (exact) mass is 353 g/mol. The van der Waals surface area contributed by atoms with Gasteiger partial charge in [0, 0.05) is 14.1 Å². The number of rotatable bonds is 2. The highest BCUT2D eigenvalue weighted by Gasteiger charge is 2.35. The van der Waals surface area contributed by atoms with E-state index in [0.29, 0.717) is 4.90 Å². The molecule has 1 aromatic rings. The van der Waals surface area contributed by atoms with Crippen molar-refractivity contribution in [1.29, 1.82) is 0 Å². The molecule has 1 rings (SSSR count). The molecule has 24 heavy (non-hydrogen) atoms. The van der Waals surface area contributed by atoms with Crippen LogP contribution >= 0.6 is 0 Å². The van der Waals surface area contributed by atoms with Gasteiger partial charge in [-0.05, 0) is 32.9 Å². The maximum absolute atomic E-state index is 13.2. The van der Waals surface area contributed by atoms with Crippen molar-refractivity contribution in [2.24, 2.45) is 0 Å². The van der Waals surface area contributed by atoms with Gasteiger partial charge in [-0.25, -0.2) is 12.7 Å². The molecular weight excluding hydrogens is 318 g/mol. The molecule has 1 aromatic carbocycles. The molecule has 0 saturated heterocycles. The predicted octanol–water partition coefficient (Wildman–Crippen LogP) is 4.83. The Hall–Kier alpha value is -0.870. The molecule has 0 heterocycles. The van der Waals surface area contributed by atoms with E-state index in [-0.39, 0.29) is 16.2 Å². The second kappa shape index (κ2) is 6.14. The highest BCUT2D eigenvalue weighted by Crippen LogP contribution is 2.41. The van der Waals surface area contributed by atoms with Crippen molar-refractivity contribution in [2.45, 2.75) is 83.5 Å². The Kier molecular flexibility index (Phi) is 5.41. The zero-order valence-electron chi connectivity index (χ0n) is 17.3. The van der Waals surface area contributed by atoms with Gasteiger partial charge in [0.15, 0.2) is 0 Å². The highest BCUT2D eigenvalue weighted by atomic mass is 32.2. The number of nitrogens with zero attached hydrogens (tertiary/aromatic N) is 1. The Morgan fingerprint density at radius 2 is 1.04 bits per heavy atom. The SMILES string of the molecule is CN(C)S(=O)(=O)c1c(C(C)(C)C)cc(C(C)(C)C)cc1C(C)(C)C. The van der Waals surface area contributed by atoms with Crippen LogP contribution in [-0.2, 0) is 26.3 Å². The maximum atomic E-state index is 13.2. The molecule has 0 atom stereocenters. The number of benzene rings is 1. The van der Waals surface area contributed by atoms with Gasteiger partial charge in [-0.2, -0.15) is 0 Å². The van der Waals surface area contributed by atoms with Crippen LogP contribution in [0.25, 0.3) is 0 Å². The topological polar surface area (TPSA) is 37.4 Å². The molecule has 3 nitrogen and oxygen atoms in total. The average Bonchev–Trinajstić information content (AvgIpc) is 2.33. The highest BCUT2D eigenvalue weighted by molar-refractivity contribution is 7.89. The van der Waals surface area contributed by atoms with Crippen LogP contribution in [0.2, 0.25) is 0 Å². The Labute approximate surface area is 149 Å². The second-order valence-corrected chi connectivity index (χ2v) is 12.0. The molecule has 0 aromatic heterocycles. The van der Waals surface area contributed by atoms with E-state index in [0.717, 1.165) is 11.1 Å². The van der Waals surface area contributed by atoms with Crippen molar-refractivity contribution < 1.29 is 8.42 Å². The summed E-state index contributed by atoms with van der Waals surface area (Å²) in [6.45, 7) is 19.0. The second-order valence-electron chi connectivity index (χ2n) is 9.94. The minimum Gasteiger partial charge on any atom is -0.207 e. The summed E-state index contributed by atoms with van der Waals surface area (Å²) in [6, 6.07) is 4.18. The maximum Gasteiger partial charge on any atom is 0.243 e. The van der Waals surface area contributed by atoms with Gasteiger partial charge in [0.25, 0.3) is 0 Å². The van der Waals surface area contributed by atoms with Gasteiger partial charge < -0.3 is 0 Å². The van der Waals surface area contributed by atoms with E-state index >= 15 is 0 Å². The Balaban J connectivity index is 4.12. The van der Waals surface area contributed by atoms with Crippen molar-refractivity contribution in [3.05, 3.63) is 28.8 Å². The third kappa shape index (κ3) is 4.20. The summed E-state index contributed by atoms with van der Waals surface area (Å²) in [5.41, 5.74) is 2.40. The first-order valence-electron chi connectivity index (χ1n) is 8.52. The van der Waals surface area contributed by atoms with E-state index in [4.69, 9.17) is 0 Å². The minimum atomic E-state index is -3.53. The first kappa shape index (κ1) is 21.2. The number of hydrogen-bond donors (Lipinski definition) is 0. The summed E-state index contributed by atoms with van der Waals surface area (Å²) in [7, 11) is -0.327. The van der Waals surface area contributed by atoms with E-state index in [9.17, 15) is 8.42 Å². The molecule has 0 aliphatic rings. The minimum absolute atomic E-state index is 0.0413. The largest absolute Gasteiger partial charge is 0.243 e. The molecule has 0 amide bonds. The van der Waals surface area contributed by atoms with Crippen LogP contribution in [0.3, 0.4) is 0 Å². The van der Waals surface area contributed by atoms with Crippen LogP contribution in [0.1, 0.15) is 79.0 Å². The lowest BCUT2D eigenvalue weighted by Gasteiger charge is -2.34. The summed E-state index contributed by atoms with van der Waals surface area (Å²) >= 11 is 0. The van der Waals surface area contributed by atoms with Crippen molar-refractivity contribution in [1.82, 2.24) is 4.31 Å². The molecule has 4 heteroatoms. The fourth-order valence-electron chi connectivity index (χ4n) is 2.64. The standard InChI is InChI=1S/C20H35NO2S/c1-18(2,3)14-12-15(19(4,5)6)17(24(22,23)21(10)11)16(13-14)20(7,8)9/h12-13H,1-11H3. The third-order valence-electron chi connectivity index (χ3n) is 4.31. The predicted molar refractivity (Wildman–Crippen MR) is 103 cm³/mol. The normalized spacial score (nSPS) is 14.3.